The van der Waals surface area contributed by atoms with Crippen LogP contribution < -0.4 is 15.6 Å². The highest BCUT2D eigenvalue weighted by atomic mass is 19.3. The Labute approximate surface area is 162 Å². The van der Waals surface area contributed by atoms with Crippen LogP contribution >= 0.6 is 0 Å². The molecule has 0 radical (unpaired) electrons. The van der Waals surface area contributed by atoms with Crippen molar-refractivity contribution in [2.75, 3.05) is 0 Å². The van der Waals surface area contributed by atoms with Crippen LogP contribution in [0, 0.1) is 0 Å². The molecule has 150 valence electrons. The highest BCUT2D eigenvalue weighted by molar-refractivity contribution is 5.81. The van der Waals surface area contributed by atoms with Gasteiger partial charge in [0.2, 0.25) is 5.91 Å². The molecule has 0 spiro atoms. The van der Waals surface area contributed by atoms with Gasteiger partial charge in [0.1, 0.15) is 17.6 Å². The molecule has 10 heteroatoms. The van der Waals surface area contributed by atoms with Crippen LogP contribution in [0.3, 0.4) is 0 Å². The minimum absolute atomic E-state index is 0.00221. The van der Waals surface area contributed by atoms with Gasteiger partial charge in [-0.3, -0.25) is 14.0 Å². The Kier molecular flexibility index (Phi) is 4.98. The normalized spacial score (nSPS) is 11.4. The van der Waals surface area contributed by atoms with Gasteiger partial charge in [0, 0.05) is 30.7 Å². The summed E-state index contributed by atoms with van der Waals surface area (Å²) in [5.41, 5.74) is 1.78. The summed E-state index contributed by atoms with van der Waals surface area (Å²) in [6.07, 6.45) is 3.01. The van der Waals surface area contributed by atoms with Crippen LogP contribution in [-0.2, 0) is 17.9 Å². The number of fused-ring (bicyclic) bond motifs is 3. The summed E-state index contributed by atoms with van der Waals surface area (Å²) in [5, 5.41) is 6.72. The molecule has 29 heavy (non-hydrogen) atoms. The maximum Gasteiger partial charge on any atom is 0.387 e. The van der Waals surface area contributed by atoms with Crippen LogP contribution in [0.15, 0.2) is 58.2 Å². The monoisotopic (exact) mass is 402 g/mol. The smallest absolute Gasteiger partial charge is 0.387 e. The molecular formula is C19H16F2N4O4. The third-order valence-electron chi connectivity index (χ3n) is 4.44. The zero-order valence-electron chi connectivity index (χ0n) is 15.0. The van der Waals surface area contributed by atoms with Gasteiger partial charge in [-0.1, -0.05) is 18.2 Å². The number of ether oxygens (including phenoxy) is 1. The van der Waals surface area contributed by atoms with Crippen LogP contribution in [0.2, 0.25) is 0 Å². The van der Waals surface area contributed by atoms with E-state index in [0.717, 1.165) is 5.52 Å². The number of amides is 1. The highest BCUT2D eigenvalue weighted by Gasteiger charge is 2.13. The summed E-state index contributed by atoms with van der Waals surface area (Å²) in [6.45, 7) is -2.85. The van der Waals surface area contributed by atoms with Crippen LogP contribution in [0.25, 0.3) is 16.6 Å². The molecular weight excluding hydrogens is 386 g/mol. The highest BCUT2D eigenvalue weighted by Crippen LogP contribution is 2.20. The van der Waals surface area contributed by atoms with E-state index in [-0.39, 0.29) is 36.7 Å². The third-order valence-corrected chi connectivity index (χ3v) is 4.44. The van der Waals surface area contributed by atoms with Crippen molar-refractivity contribution < 1.29 is 22.7 Å². The van der Waals surface area contributed by atoms with Gasteiger partial charge in [0.05, 0.1) is 18.3 Å². The minimum Gasteiger partial charge on any atom is -0.463 e. The lowest BCUT2D eigenvalue weighted by Gasteiger charge is -2.11. The van der Waals surface area contributed by atoms with Crippen LogP contribution in [-0.4, -0.2) is 26.7 Å². The van der Waals surface area contributed by atoms with E-state index in [1.54, 1.807) is 34.7 Å². The number of furan rings is 1. The predicted octanol–water partition coefficient (Wildman–Crippen LogP) is 2.55. The largest absolute Gasteiger partial charge is 0.463 e. The summed E-state index contributed by atoms with van der Waals surface area (Å²) in [6, 6.07) is 9.56. The number of nitrogens with one attached hydrogen (secondary N) is 1. The molecule has 1 N–H and O–H groups in total. The molecule has 0 atom stereocenters. The van der Waals surface area contributed by atoms with E-state index in [9.17, 15) is 18.4 Å². The lowest BCUT2D eigenvalue weighted by atomic mass is 10.2. The van der Waals surface area contributed by atoms with E-state index in [0.29, 0.717) is 16.7 Å². The van der Waals surface area contributed by atoms with Crippen molar-refractivity contribution in [3.05, 3.63) is 64.9 Å². The number of hydrogen-bond donors (Lipinski definition) is 1. The maximum atomic E-state index is 12.6. The van der Waals surface area contributed by atoms with Crippen LogP contribution in [0.1, 0.15) is 12.0 Å². The Morgan fingerprint density at radius 1 is 1.24 bits per heavy atom. The lowest BCUT2D eigenvalue weighted by Crippen LogP contribution is -2.29. The summed E-state index contributed by atoms with van der Waals surface area (Å²) >= 11 is 0. The first-order valence-corrected chi connectivity index (χ1v) is 8.77. The summed E-state index contributed by atoms with van der Waals surface area (Å²) in [5.74, 6) is -0.349. The van der Waals surface area contributed by atoms with Gasteiger partial charge in [0.15, 0.2) is 5.58 Å². The zero-order chi connectivity index (χ0) is 20.4. The van der Waals surface area contributed by atoms with Gasteiger partial charge >= 0.3 is 6.61 Å². The average molecular weight is 402 g/mol. The molecule has 0 unspecified atom stereocenters. The molecule has 0 bridgehead atoms. The fraction of sp³-hybridized carbons (Fsp3) is 0.211. The van der Waals surface area contributed by atoms with Gasteiger partial charge in [-0.15, -0.1) is 0 Å². The van der Waals surface area contributed by atoms with E-state index in [1.165, 1.54) is 23.3 Å². The molecule has 0 fully saturated rings. The van der Waals surface area contributed by atoms with Crippen molar-refractivity contribution >= 4 is 22.5 Å². The van der Waals surface area contributed by atoms with Crippen molar-refractivity contribution in [3.63, 3.8) is 0 Å². The Hall–Kier alpha value is -3.69. The van der Waals surface area contributed by atoms with E-state index >= 15 is 0 Å². The Morgan fingerprint density at radius 3 is 2.90 bits per heavy atom. The number of rotatable bonds is 7. The number of hydrogen-bond acceptors (Lipinski definition) is 5. The van der Waals surface area contributed by atoms with Crippen LogP contribution in [0.5, 0.6) is 5.75 Å². The van der Waals surface area contributed by atoms with Gasteiger partial charge < -0.3 is 14.5 Å². The zero-order valence-corrected chi connectivity index (χ0v) is 15.0. The van der Waals surface area contributed by atoms with Crippen molar-refractivity contribution in [1.29, 1.82) is 0 Å². The predicted molar refractivity (Wildman–Crippen MR) is 98.8 cm³/mol. The number of halogens is 2. The molecule has 8 nitrogen and oxygen atoms in total. The molecule has 0 saturated heterocycles. The van der Waals surface area contributed by atoms with Gasteiger partial charge in [-0.2, -0.15) is 13.9 Å². The van der Waals surface area contributed by atoms with Gasteiger partial charge in [-0.25, -0.2) is 4.68 Å². The molecule has 0 aliphatic rings. The number of aryl methyl sites for hydroxylation is 1. The van der Waals surface area contributed by atoms with Crippen molar-refractivity contribution in [3.8, 4) is 5.75 Å². The number of aromatic nitrogens is 3. The van der Waals surface area contributed by atoms with E-state index in [2.05, 4.69) is 15.2 Å². The van der Waals surface area contributed by atoms with Crippen LogP contribution in [0.4, 0.5) is 8.78 Å². The minimum atomic E-state index is -2.95. The molecule has 0 saturated carbocycles. The Bertz CT molecular complexity index is 1230. The Morgan fingerprint density at radius 2 is 2.07 bits per heavy atom. The standard InChI is InChI=1S/C19H16F2N4O4/c20-19(21)29-15-4-2-1-3-12(15)10-22-17(26)5-7-25-18(27)14-9-16-13(6-8-28-16)24(14)11-23-25/h1-4,6,8-9,11,19H,5,7,10H2,(H,22,26). The molecule has 4 aromatic rings. The molecule has 0 aliphatic heterocycles. The summed E-state index contributed by atoms with van der Waals surface area (Å²) in [7, 11) is 0. The van der Waals surface area contributed by atoms with Gasteiger partial charge in [0.25, 0.3) is 5.56 Å². The fourth-order valence-electron chi connectivity index (χ4n) is 3.04. The number of para-hydroxylation sites is 1. The quantitative estimate of drug-likeness (QED) is 0.513. The Balaban J connectivity index is 1.40. The second-order valence-electron chi connectivity index (χ2n) is 6.24. The number of carbonyl (C=O) groups is 1. The molecule has 3 heterocycles. The maximum absolute atomic E-state index is 12.6. The van der Waals surface area contributed by atoms with E-state index in [1.807, 2.05) is 0 Å². The first kappa shape index (κ1) is 18.7. The number of benzene rings is 1. The number of carbonyl (C=O) groups excluding carboxylic acids is 1. The molecule has 1 aromatic carbocycles. The van der Waals surface area contributed by atoms with E-state index < -0.39 is 6.61 Å². The van der Waals surface area contributed by atoms with Crippen molar-refractivity contribution in [2.45, 2.75) is 26.1 Å². The molecule has 3 aromatic heterocycles. The number of nitrogens with zero attached hydrogens (tertiary/aromatic N) is 3. The van der Waals surface area contributed by atoms with Crippen molar-refractivity contribution in [2.24, 2.45) is 0 Å². The second-order valence-corrected chi connectivity index (χ2v) is 6.24. The number of alkyl halides is 2. The third kappa shape index (κ3) is 3.82. The molecule has 4 rings (SSSR count). The summed E-state index contributed by atoms with van der Waals surface area (Å²) in [4.78, 5) is 24.7. The van der Waals surface area contributed by atoms with Gasteiger partial charge in [-0.05, 0) is 6.07 Å². The second kappa shape index (κ2) is 7.74. The first-order valence-electron chi connectivity index (χ1n) is 8.77. The average Bonchev–Trinajstić information content (AvgIpc) is 3.28. The molecule has 0 aliphatic carbocycles. The fourth-order valence-corrected chi connectivity index (χ4v) is 3.04. The van der Waals surface area contributed by atoms with E-state index in [4.69, 9.17) is 4.42 Å². The topological polar surface area (TPSA) is 90.8 Å². The SMILES string of the molecule is O=C(CCn1ncn2c(cc3occc32)c1=O)NCc1ccccc1OC(F)F. The van der Waals surface area contributed by atoms with Crippen molar-refractivity contribution in [1.82, 2.24) is 19.5 Å². The first-order chi connectivity index (χ1) is 14.0. The summed E-state index contributed by atoms with van der Waals surface area (Å²) < 4.78 is 37.4. The molecule has 1 amide bonds. The lowest BCUT2D eigenvalue weighted by molar-refractivity contribution is -0.121.